The molecule has 98 valence electrons. The van der Waals surface area contributed by atoms with Crippen molar-refractivity contribution >= 4 is 5.91 Å². The summed E-state index contributed by atoms with van der Waals surface area (Å²) in [5.74, 6) is 0.702. The third-order valence-electron chi connectivity index (χ3n) is 3.28. The average molecular weight is 249 g/mol. The lowest BCUT2D eigenvalue weighted by molar-refractivity contribution is -0.122. The van der Waals surface area contributed by atoms with Crippen LogP contribution in [-0.4, -0.2) is 23.7 Å². The summed E-state index contributed by atoms with van der Waals surface area (Å²) >= 11 is 0. The number of carbonyl (C=O) groups excluding carboxylic acids is 1. The van der Waals surface area contributed by atoms with Crippen molar-refractivity contribution in [2.45, 2.75) is 38.8 Å². The molecule has 1 aliphatic rings. The second-order valence-electron chi connectivity index (χ2n) is 4.60. The molecule has 0 aromatic heterocycles. The summed E-state index contributed by atoms with van der Waals surface area (Å²) in [4.78, 5) is 11.5. The van der Waals surface area contributed by atoms with E-state index in [1.807, 2.05) is 25.1 Å². The summed E-state index contributed by atoms with van der Waals surface area (Å²) in [5, 5.41) is 13.2. The Labute approximate surface area is 107 Å². The summed E-state index contributed by atoms with van der Waals surface area (Å²) < 4.78 is 5.68. The number of fused-ring (bicyclic) bond motifs is 1. The number of carbonyl (C=O) groups is 1. The SMILES string of the molecule is CCC(=O)NC1CCOc2c(C)cccc2C1O. The van der Waals surface area contributed by atoms with Crippen LogP contribution < -0.4 is 10.1 Å². The van der Waals surface area contributed by atoms with E-state index >= 15 is 0 Å². The van der Waals surface area contributed by atoms with Crippen LogP contribution in [0.15, 0.2) is 18.2 Å². The highest BCUT2D eigenvalue weighted by atomic mass is 16.5. The molecular formula is C14H19NO3. The Kier molecular flexibility index (Phi) is 3.87. The van der Waals surface area contributed by atoms with E-state index < -0.39 is 6.10 Å². The van der Waals surface area contributed by atoms with Gasteiger partial charge in [-0.15, -0.1) is 0 Å². The van der Waals surface area contributed by atoms with Crippen LogP contribution in [0.1, 0.15) is 37.0 Å². The average Bonchev–Trinajstić information content (AvgIpc) is 2.52. The standard InChI is InChI=1S/C14H19NO3/c1-3-12(16)15-11-7-8-18-14-9(2)5-4-6-10(14)13(11)17/h4-6,11,13,17H,3,7-8H2,1-2H3,(H,15,16). The number of hydrogen-bond acceptors (Lipinski definition) is 3. The van der Waals surface area contributed by atoms with E-state index in [2.05, 4.69) is 5.32 Å². The zero-order valence-corrected chi connectivity index (χ0v) is 10.8. The van der Waals surface area contributed by atoms with E-state index in [-0.39, 0.29) is 11.9 Å². The molecular weight excluding hydrogens is 230 g/mol. The maximum Gasteiger partial charge on any atom is 0.220 e. The van der Waals surface area contributed by atoms with Gasteiger partial charge in [-0.3, -0.25) is 4.79 Å². The van der Waals surface area contributed by atoms with Gasteiger partial charge in [0, 0.05) is 18.4 Å². The normalized spacial score (nSPS) is 22.6. The number of benzene rings is 1. The summed E-state index contributed by atoms with van der Waals surface area (Å²) in [5.41, 5.74) is 1.77. The van der Waals surface area contributed by atoms with Crippen LogP contribution in [0.4, 0.5) is 0 Å². The zero-order valence-electron chi connectivity index (χ0n) is 10.8. The van der Waals surface area contributed by atoms with Crippen molar-refractivity contribution in [3.05, 3.63) is 29.3 Å². The van der Waals surface area contributed by atoms with E-state index in [0.29, 0.717) is 19.4 Å². The highest BCUT2D eigenvalue weighted by Crippen LogP contribution is 2.34. The molecule has 2 atom stereocenters. The van der Waals surface area contributed by atoms with Crippen molar-refractivity contribution in [1.82, 2.24) is 5.32 Å². The minimum absolute atomic E-state index is 0.0462. The number of aliphatic hydroxyl groups excluding tert-OH is 1. The number of para-hydroxylation sites is 1. The van der Waals surface area contributed by atoms with Gasteiger partial charge >= 0.3 is 0 Å². The predicted octanol–water partition coefficient (Wildman–Crippen LogP) is 1.71. The number of amides is 1. The van der Waals surface area contributed by atoms with Crippen LogP contribution in [0.25, 0.3) is 0 Å². The summed E-state index contributed by atoms with van der Waals surface area (Å²) in [6.45, 7) is 4.26. The Morgan fingerprint density at radius 3 is 3.06 bits per heavy atom. The lowest BCUT2D eigenvalue weighted by Gasteiger charge is -2.21. The van der Waals surface area contributed by atoms with E-state index in [9.17, 15) is 9.90 Å². The number of aryl methyl sites for hydroxylation is 1. The van der Waals surface area contributed by atoms with Crippen molar-refractivity contribution in [1.29, 1.82) is 0 Å². The molecule has 0 saturated carbocycles. The Hall–Kier alpha value is -1.55. The van der Waals surface area contributed by atoms with Crippen LogP contribution in [0, 0.1) is 6.92 Å². The largest absolute Gasteiger partial charge is 0.493 e. The van der Waals surface area contributed by atoms with Crippen LogP contribution >= 0.6 is 0 Å². The second-order valence-corrected chi connectivity index (χ2v) is 4.60. The van der Waals surface area contributed by atoms with Crippen LogP contribution in [-0.2, 0) is 4.79 Å². The maximum absolute atomic E-state index is 11.5. The molecule has 1 heterocycles. The van der Waals surface area contributed by atoms with Crippen molar-refractivity contribution < 1.29 is 14.6 Å². The van der Waals surface area contributed by atoms with Gasteiger partial charge < -0.3 is 15.2 Å². The first kappa shape index (κ1) is 12.9. The van der Waals surface area contributed by atoms with E-state index in [1.165, 1.54) is 0 Å². The van der Waals surface area contributed by atoms with Gasteiger partial charge in [0.25, 0.3) is 0 Å². The quantitative estimate of drug-likeness (QED) is 0.838. The number of rotatable bonds is 2. The van der Waals surface area contributed by atoms with Gasteiger partial charge in [-0.1, -0.05) is 25.1 Å². The van der Waals surface area contributed by atoms with Crippen LogP contribution in [0.5, 0.6) is 5.75 Å². The zero-order chi connectivity index (χ0) is 13.1. The lowest BCUT2D eigenvalue weighted by Crippen LogP contribution is -2.39. The predicted molar refractivity (Wildman–Crippen MR) is 68.5 cm³/mol. The summed E-state index contributed by atoms with van der Waals surface area (Å²) in [6.07, 6.45) is 0.323. The van der Waals surface area contributed by atoms with Gasteiger partial charge in [0.05, 0.1) is 12.6 Å². The minimum atomic E-state index is -0.710. The van der Waals surface area contributed by atoms with Crippen LogP contribution in [0.2, 0.25) is 0 Å². The molecule has 0 saturated heterocycles. The first-order valence-electron chi connectivity index (χ1n) is 6.33. The van der Waals surface area contributed by atoms with E-state index in [4.69, 9.17) is 4.74 Å². The molecule has 0 bridgehead atoms. The molecule has 1 aliphatic heterocycles. The van der Waals surface area contributed by atoms with Crippen LogP contribution in [0.3, 0.4) is 0 Å². The molecule has 18 heavy (non-hydrogen) atoms. The third kappa shape index (κ3) is 2.48. The van der Waals surface area contributed by atoms with Crippen molar-refractivity contribution in [2.75, 3.05) is 6.61 Å². The molecule has 1 amide bonds. The highest BCUT2D eigenvalue weighted by Gasteiger charge is 2.28. The van der Waals surface area contributed by atoms with Gasteiger partial charge in [-0.25, -0.2) is 0 Å². The van der Waals surface area contributed by atoms with E-state index in [1.54, 1.807) is 6.92 Å². The summed E-state index contributed by atoms with van der Waals surface area (Å²) in [6, 6.07) is 5.42. The Morgan fingerprint density at radius 2 is 2.33 bits per heavy atom. The van der Waals surface area contributed by atoms with Gasteiger partial charge in [0.1, 0.15) is 11.9 Å². The molecule has 4 nitrogen and oxygen atoms in total. The molecule has 4 heteroatoms. The fourth-order valence-electron chi connectivity index (χ4n) is 2.23. The maximum atomic E-state index is 11.5. The molecule has 0 fully saturated rings. The van der Waals surface area contributed by atoms with Crippen molar-refractivity contribution in [3.8, 4) is 5.75 Å². The topological polar surface area (TPSA) is 58.6 Å². The molecule has 0 radical (unpaired) electrons. The van der Waals surface area contributed by atoms with Crippen molar-refractivity contribution in [2.24, 2.45) is 0 Å². The fraction of sp³-hybridized carbons (Fsp3) is 0.500. The smallest absolute Gasteiger partial charge is 0.220 e. The lowest BCUT2D eigenvalue weighted by atomic mass is 9.98. The van der Waals surface area contributed by atoms with Gasteiger partial charge in [-0.05, 0) is 12.5 Å². The number of nitrogens with one attached hydrogen (secondary N) is 1. The number of ether oxygens (including phenoxy) is 1. The van der Waals surface area contributed by atoms with Gasteiger partial charge in [-0.2, -0.15) is 0 Å². The van der Waals surface area contributed by atoms with Gasteiger partial charge in [0.15, 0.2) is 0 Å². The van der Waals surface area contributed by atoms with Crippen molar-refractivity contribution in [3.63, 3.8) is 0 Å². The third-order valence-corrected chi connectivity index (χ3v) is 3.28. The molecule has 2 rings (SSSR count). The molecule has 0 aliphatic carbocycles. The molecule has 1 aromatic carbocycles. The molecule has 0 spiro atoms. The monoisotopic (exact) mass is 249 g/mol. The van der Waals surface area contributed by atoms with Gasteiger partial charge in [0.2, 0.25) is 5.91 Å². The minimum Gasteiger partial charge on any atom is -0.493 e. The molecule has 2 unspecified atom stereocenters. The van der Waals surface area contributed by atoms with E-state index in [0.717, 1.165) is 16.9 Å². The summed E-state index contributed by atoms with van der Waals surface area (Å²) in [7, 11) is 0. The molecule has 2 N–H and O–H groups in total. The Balaban J connectivity index is 2.26. The first-order chi connectivity index (χ1) is 8.63. The fourth-order valence-corrected chi connectivity index (χ4v) is 2.23. The Bertz CT molecular complexity index is 445. The number of hydrogen-bond donors (Lipinski definition) is 2. The number of aliphatic hydroxyl groups is 1. The first-order valence-corrected chi connectivity index (χ1v) is 6.33. The highest BCUT2D eigenvalue weighted by molar-refractivity contribution is 5.76. The molecule has 1 aromatic rings. The Morgan fingerprint density at radius 1 is 1.56 bits per heavy atom. The second kappa shape index (κ2) is 5.40.